The number of rotatable bonds is 8. The van der Waals surface area contributed by atoms with Gasteiger partial charge in [-0.25, -0.2) is 0 Å². The molecule has 0 radical (unpaired) electrons. The number of nitriles is 1. The SMILES string of the molecule is C[C@@H]1CC2(CCN(c3ccc(C(=O)N4CCC(CN5CCN(c6cccc(N[C@H]7CCC(=O)NC7=O)c6)CC5)CC4)cc3)CC2)CN1c1ccc(C#N)c(C(F)(F)F)c1. The van der Waals surface area contributed by atoms with Gasteiger partial charge in [-0.15, -0.1) is 0 Å². The maximum absolute atomic E-state index is 13.7. The molecule has 312 valence electrons. The lowest BCUT2D eigenvalue weighted by atomic mass is 9.76. The van der Waals surface area contributed by atoms with Crippen LogP contribution in [0, 0.1) is 22.7 Å². The van der Waals surface area contributed by atoms with E-state index in [1.54, 1.807) is 12.1 Å². The molecule has 1 spiro atoms. The van der Waals surface area contributed by atoms with Gasteiger partial charge in [-0.3, -0.25) is 24.6 Å². The van der Waals surface area contributed by atoms with Crippen molar-refractivity contribution >= 4 is 40.5 Å². The minimum absolute atomic E-state index is 0.0192. The number of piperazine rings is 1. The molecule has 5 aliphatic rings. The number of nitrogens with zero attached hydrogens (tertiary/aromatic N) is 6. The number of piperidine rings is 3. The van der Waals surface area contributed by atoms with Crippen LogP contribution in [-0.4, -0.2) is 105 Å². The fourth-order valence-corrected chi connectivity index (χ4v) is 10.0. The molecule has 0 aromatic heterocycles. The Morgan fingerprint density at radius 1 is 0.864 bits per heavy atom. The molecule has 0 bridgehead atoms. The van der Waals surface area contributed by atoms with Crippen molar-refractivity contribution in [3.05, 3.63) is 83.4 Å². The van der Waals surface area contributed by atoms with Gasteiger partial charge in [-0.05, 0) is 117 Å². The standard InChI is InChI=1S/C45H53F3N8O3/c1-31-27-44(30-56(31)38-10-7-34(28-49)39(26-38)45(46,47)48)15-19-53(20-16-44)36-8-5-33(6-9-36)43(59)55-17-13-32(14-18-55)29-52-21-23-54(24-22-52)37-4-2-3-35(25-37)50-40-11-12-41(57)51-42(40)58/h2-10,25-26,31-32,40,50H,11-24,27,29-30H2,1H3,(H,51,57,58)/t31-,40+/m1/s1. The summed E-state index contributed by atoms with van der Waals surface area (Å²) in [5.41, 5.74) is 3.09. The number of alkyl halides is 3. The van der Waals surface area contributed by atoms with Crippen molar-refractivity contribution in [2.24, 2.45) is 11.3 Å². The summed E-state index contributed by atoms with van der Waals surface area (Å²) in [6, 6.07) is 21.5. The Labute approximate surface area is 344 Å². The Morgan fingerprint density at radius 3 is 2.24 bits per heavy atom. The van der Waals surface area contributed by atoms with E-state index in [9.17, 15) is 32.8 Å². The monoisotopic (exact) mass is 810 g/mol. The summed E-state index contributed by atoms with van der Waals surface area (Å²) in [6.07, 6.45) is 0.995. The second kappa shape index (κ2) is 16.8. The van der Waals surface area contributed by atoms with Crippen LogP contribution < -0.4 is 25.3 Å². The van der Waals surface area contributed by atoms with Crippen molar-refractivity contribution in [1.29, 1.82) is 5.26 Å². The average molecular weight is 811 g/mol. The molecule has 3 amide bonds. The third-order valence-corrected chi connectivity index (χ3v) is 13.4. The van der Waals surface area contributed by atoms with Gasteiger partial charge < -0.3 is 24.9 Å². The van der Waals surface area contributed by atoms with Crippen molar-refractivity contribution < 1.29 is 27.6 Å². The van der Waals surface area contributed by atoms with Crippen molar-refractivity contribution in [3.8, 4) is 6.07 Å². The van der Waals surface area contributed by atoms with Gasteiger partial charge in [0.25, 0.3) is 5.91 Å². The number of amides is 3. The first kappa shape index (κ1) is 40.5. The number of benzene rings is 3. The van der Waals surface area contributed by atoms with Gasteiger partial charge in [0.1, 0.15) is 6.04 Å². The molecule has 0 unspecified atom stereocenters. The summed E-state index contributed by atoms with van der Waals surface area (Å²) >= 11 is 0. The fourth-order valence-electron chi connectivity index (χ4n) is 10.0. The second-order valence-electron chi connectivity index (χ2n) is 17.3. The highest BCUT2D eigenvalue weighted by molar-refractivity contribution is 6.01. The number of halogens is 3. The Balaban J connectivity index is 0.769. The molecule has 5 saturated heterocycles. The summed E-state index contributed by atoms with van der Waals surface area (Å²) in [4.78, 5) is 48.6. The molecule has 14 heteroatoms. The van der Waals surface area contributed by atoms with Crippen LogP contribution in [0.4, 0.5) is 35.9 Å². The van der Waals surface area contributed by atoms with Gasteiger partial charge in [0, 0.05) is 106 Å². The quantitative estimate of drug-likeness (QED) is 0.251. The molecule has 0 saturated carbocycles. The Hall–Kier alpha value is -5.29. The summed E-state index contributed by atoms with van der Waals surface area (Å²) < 4.78 is 41.1. The highest BCUT2D eigenvalue weighted by Gasteiger charge is 2.45. The summed E-state index contributed by atoms with van der Waals surface area (Å²) in [6.45, 7) is 10.8. The molecule has 11 nitrogen and oxygen atoms in total. The van der Waals surface area contributed by atoms with Gasteiger partial charge in [0.15, 0.2) is 0 Å². The lowest BCUT2D eigenvalue weighted by molar-refractivity contribution is -0.138. The van der Waals surface area contributed by atoms with Gasteiger partial charge in [0.2, 0.25) is 11.8 Å². The zero-order valence-corrected chi connectivity index (χ0v) is 33.6. The van der Waals surface area contributed by atoms with E-state index in [1.807, 2.05) is 41.3 Å². The number of carbonyl (C=O) groups is 3. The largest absolute Gasteiger partial charge is 0.417 e. The molecule has 5 aliphatic heterocycles. The van der Waals surface area contributed by atoms with E-state index in [0.717, 1.165) is 114 Å². The van der Waals surface area contributed by atoms with E-state index in [2.05, 4.69) is 49.3 Å². The zero-order chi connectivity index (χ0) is 41.3. The van der Waals surface area contributed by atoms with Crippen LogP contribution in [0.25, 0.3) is 0 Å². The van der Waals surface area contributed by atoms with Crippen LogP contribution in [0.1, 0.15) is 73.4 Å². The normalized spacial score (nSPS) is 23.0. The molecule has 3 aromatic rings. The maximum Gasteiger partial charge on any atom is 0.417 e. The average Bonchev–Trinajstić information content (AvgIpc) is 3.56. The van der Waals surface area contributed by atoms with Crippen LogP contribution in [0.15, 0.2) is 66.7 Å². The summed E-state index contributed by atoms with van der Waals surface area (Å²) in [5.74, 6) is 0.133. The molecule has 2 N–H and O–H groups in total. The number of likely N-dealkylation sites (tertiary alicyclic amines) is 1. The minimum atomic E-state index is -4.58. The summed E-state index contributed by atoms with van der Waals surface area (Å²) in [5, 5.41) is 14.9. The fraction of sp³-hybridized carbons (Fsp3) is 0.511. The topological polar surface area (TPSA) is 115 Å². The van der Waals surface area contributed by atoms with Gasteiger partial charge >= 0.3 is 6.18 Å². The molecule has 5 heterocycles. The van der Waals surface area contributed by atoms with Gasteiger partial charge in [-0.1, -0.05) is 6.07 Å². The predicted octanol–water partition coefficient (Wildman–Crippen LogP) is 6.35. The first-order chi connectivity index (χ1) is 28.4. The van der Waals surface area contributed by atoms with Crippen LogP contribution in [0.3, 0.4) is 0 Å². The van der Waals surface area contributed by atoms with Crippen LogP contribution >= 0.6 is 0 Å². The second-order valence-corrected chi connectivity index (χ2v) is 17.3. The summed E-state index contributed by atoms with van der Waals surface area (Å²) in [7, 11) is 0. The van der Waals surface area contributed by atoms with E-state index in [1.165, 1.54) is 6.07 Å². The molecular weight excluding hydrogens is 758 g/mol. The van der Waals surface area contributed by atoms with Gasteiger partial charge in [-0.2, -0.15) is 18.4 Å². The molecule has 3 aromatic carbocycles. The van der Waals surface area contributed by atoms with E-state index in [-0.39, 0.29) is 34.7 Å². The van der Waals surface area contributed by atoms with Crippen molar-refractivity contribution in [3.63, 3.8) is 0 Å². The number of hydrogen-bond donors (Lipinski definition) is 2. The Kier molecular flexibility index (Phi) is 11.5. The van der Waals surface area contributed by atoms with E-state index < -0.39 is 17.8 Å². The van der Waals surface area contributed by atoms with Crippen LogP contribution in [-0.2, 0) is 15.8 Å². The maximum atomic E-state index is 13.7. The Bertz CT molecular complexity index is 2060. The third kappa shape index (κ3) is 9.00. The number of nitrogens with one attached hydrogen (secondary N) is 2. The van der Waals surface area contributed by atoms with Gasteiger partial charge in [0.05, 0.1) is 17.2 Å². The molecule has 5 fully saturated rings. The first-order valence-corrected chi connectivity index (χ1v) is 21.1. The number of carbonyl (C=O) groups excluding carboxylic acids is 3. The smallest absolute Gasteiger partial charge is 0.374 e. The molecule has 2 atom stereocenters. The number of hydrogen-bond acceptors (Lipinski definition) is 9. The molecule has 0 aliphatic carbocycles. The zero-order valence-electron chi connectivity index (χ0n) is 33.6. The van der Waals surface area contributed by atoms with Crippen LogP contribution in [0.2, 0.25) is 0 Å². The van der Waals surface area contributed by atoms with E-state index in [0.29, 0.717) is 36.6 Å². The van der Waals surface area contributed by atoms with Crippen LogP contribution in [0.5, 0.6) is 0 Å². The highest BCUT2D eigenvalue weighted by atomic mass is 19.4. The molecular formula is C45H53F3N8O3. The number of imide groups is 1. The van der Waals surface area contributed by atoms with E-state index >= 15 is 0 Å². The number of anilines is 4. The van der Waals surface area contributed by atoms with Crippen molar-refractivity contribution in [2.75, 3.05) is 85.5 Å². The minimum Gasteiger partial charge on any atom is -0.374 e. The lowest BCUT2D eigenvalue weighted by Crippen LogP contribution is -2.49. The molecule has 59 heavy (non-hydrogen) atoms. The Morgan fingerprint density at radius 2 is 1.56 bits per heavy atom. The van der Waals surface area contributed by atoms with Crippen molar-refractivity contribution in [2.45, 2.75) is 70.1 Å². The van der Waals surface area contributed by atoms with Crippen molar-refractivity contribution in [1.82, 2.24) is 15.1 Å². The molecule has 8 rings (SSSR count). The predicted molar refractivity (Wildman–Crippen MR) is 221 cm³/mol. The highest BCUT2D eigenvalue weighted by Crippen LogP contribution is 2.46. The lowest BCUT2D eigenvalue weighted by Gasteiger charge is -2.40. The van der Waals surface area contributed by atoms with E-state index in [4.69, 9.17) is 0 Å². The first-order valence-electron chi connectivity index (χ1n) is 21.1. The third-order valence-electron chi connectivity index (χ3n) is 13.4.